The van der Waals surface area contributed by atoms with Crippen LogP contribution in [0.4, 0.5) is 5.69 Å². The molecule has 0 fully saturated rings. The highest BCUT2D eigenvalue weighted by Gasteiger charge is 2.17. The zero-order valence-electron chi connectivity index (χ0n) is 15.0. The van der Waals surface area contributed by atoms with Gasteiger partial charge in [0.1, 0.15) is 0 Å². The number of para-hydroxylation sites is 1. The minimum Gasteiger partial charge on any atom is -0.287 e. The van der Waals surface area contributed by atoms with Crippen LogP contribution in [0.25, 0.3) is 21.7 Å². The number of hydrogen-bond donors (Lipinski definition) is 0. The molecule has 2 heterocycles. The molecular weight excluding hydrogens is 376 g/mol. The maximum Gasteiger partial charge on any atom is 0.278 e. The van der Waals surface area contributed by atoms with E-state index in [9.17, 15) is 14.9 Å². The van der Waals surface area contributed by atoms with Crippen LogP contribution in [0, 0.1) is 10.1 Å². The van der Waals surface area contributed by atoms with Crippen molar-refractivity contribution in [2.45, 2.75) is 29.9 Å². The molecule has 0 saturated carbocycles. The number of pyridine rings is 1. The van der Waals surface area contributed by atoms with Crippen LogP contribution in [0.1, 0.15) is 13.3 Å². The molecule has 0 aliphatic heterocycles. The smallest absolute Gasteiger partial charge is 0.278 e. The van der Waals surface area contributed by atoms with Gasteiger partial charge in [-0.25, -0.2) is 4.98 Å². The summed E-state index contributed by atoms with van der Waals surface area (Å²) in [4.78, 5) is 33.4. The molecule has 140 valence electrons. The summed E-state index contributed by atoms with van der Waals surface area (Å²) in [6.45, 7) is 2.55. The Bertz CT molecular complexity index is 1270. The summed E-state index contributed by atoms with van der Waals surface area (Å²) in [6, 6.07) is 12.2. The van der Waals surface area contributed by atoms with E-state index in [2.05, 4.69) is 4.98 Å². The molecule has 8 heteroatoms. The summed E-state index contributed by atoms with van der Waals surface area (Å²) >= 11 is 1.33. The molecule has 2 aromatic heterocycles. The van der Waals surface area contributed by atoms with Crippen molar-refractivity contribution in [3.63, 3.8) is 0 Å². The maximum absolute atomic E-state index is 12.9. The van der Waals surface area contributed by atoms with E-state index in [1.54, 1.807) is 29.0 Å². The number of non-ortho nitro benzene ring substituents is 1. The summed E-state index contributed by atoms with van der Waals surface area (Å²) in [5.74, 6) is 0. The van der Waals surface area contributed by atoms with Crippen LogP contribution >= 0.6 is 11.8 Å². The predicted octanol–water partition coefficient (Wildman–Crippen LogP) is 4.41. The van der Waals surface area contributed by atoms with Gasteiger partial charge in [-0.15, -0.1) is 0 Å². The van der Waals surface area contributed by atoms with Crippen LogP contribution in [0.2, 0.25) is 0 Å². The molecular formula is C20H16N4O3S. The quantitative estimate of drug-likeness (QED) is 0.284. The molecule has 0 aliphatic rings. The Morgan fingerprint density at radius 2 is 1.93 bits per heavy atom. The van der Waals surface area contributed by atoms with Gasteiger partial charge in [-0.05, 0) is 30.7 Å². The van der Waals surface area contributed by atoms with Gasteiger partial charge in [-0.3, -0.25) is 24.5 Å². The highest BCUT2D eigenvalue weighted by molar-refractivity contribution is 7.99. The highest BCUT2D eigenvalue weighted by atomic mass is 32.2. The van der Waals surface area contributed by atoms with Crippen LogP contribution in [0.15, 0.2) is 69.7 Å². The second-order valence-corrected chi connectivity index (χ2v) is 7.24. The fourth-order valence-electron chi connectivity index (χ4n) is 3.14. The maximum atomic E-state index is 12.9. The van der Waals surface area contributed by atoms with Gasteiger partial charge in [0.25, 0.3) is 11.2 Å². The van der Waals surface area contributed by atoms with Crippen molar-refractivity contribution in [1.29, 1.82) is 0 Å². The molecule has 0 saturated heterocycles. The van der Waals surface area contributed by atoms with Gasteiger partial charge in [-0.2, -0.15) is 0 Å². The molecule has 4 aromatic rings. The number of benzene rings is 2. The van der Waals surface area contributed by atoms with Gasteiger partial charge in [-0.1, -0.05) is 30.8 Å². The summed E-state index contributed by atoms with van der Waals surface area (Å²) in [6.07, 6.45) is 3.88. The Hall–Kier alpha value is -3.26. The number of aromatic nitrogens is 3. The SMILES string of the molecule is CCCn1c(Sc2ccc([N+](=O)[O-])c3cnccc23)nc2ccccc2c1=O. The lowest BCUT2D eigenvalue weighted by Crippen LogP contribution is -2.23. The van der Waals surface area contributed by atoms with Crippen molar-refractivity contribution in [1.82, 2.24) is 14.5 Å². The Morgan fingerprint density at radius 1 is 1.11 bits per heavy atom. The third kappa shape index (κ3) is 3.11. The van der Waals surface area contributed by atoms with Crippen LogP contribution in [-0.4, -0.2) is 19.5 Å². The van der Waals surface area contributed by atoms with E-state index in [0.29, 0.717) is 33.4 Å². The third-order valence-corrected chi connectivity index (χ3v) is 5.50. The predicted molar refractivity (Wildman–Crippen MR) is 109 cm³/mol. The Kier molecular flexibility index (Phi) is 4.79. The number of nitro groups is 1. The first kappa shape index (κ1) is 18.1. The normalized spacial score (nSPS) is 11.2. The van der Waals surface area contributed by atoms with Crippen molar-refractivity contribution in [2.24, 2.45) is 0 Å². The minimum absolute atomic E-state index is 0.00451. The fraction of sp³-hybridized carbons (Fsp3) is 0.150. The monoisotopic (exact) mass is 392 g/mol. The molecule has 0 N–H and O–H groups in total. The fourth-order valence-corrected chi connectivity index (χ4v) is 4.19. The molecule has 28 heavy (non-hydrogen) atoms. The summed E-state index contributed by atoms with van der Waals surface area (Å²) in [5, 5.41) is 13.6. The van der Waals surface area contributed by atoms with E-state index in [0.717, 1.165) is 11.3 Å². The van der Waals surface area contributed by atoms with Gasteiger partial charge in [0, 0.05) is 35.3 Å². The summed E-state index contributed by atoms with van der Waals surface area (Å²) in [5.41, 5.74) is 0.558. The third-order valence-electron chi connectivity index (χ3n) is 4.43. The molecule has 0 radical (unpaired) electrons. The zero-order valence-corrected chi connectivity index (χ0v) is 15.8. The lowest BCUT2D eigenvalue weighted by molar-refractivity contribution is -0.383. The van der Waals surface area contributed by atoms with Crippen LogP contribution in [-0.2, 0) is 6.54 Å². The van der Waals surface area contributed by atoms with Crippen LogP contribution in [0.3, 0.4) is 0 Å². The number of fused-ring (bicyclic) bond motifs is 2. The van der Waals surface area contributed by atoms with Crippen molar-refractivity contribution in [2.75, 3.05) is 0 Å². The molecule has 7 nitrogen and oxygen atoms in total. The molecule has 0 bridgehead atoms. The standard InChI is InChI=1S/C20H16N4O3S/c1-2-11-23-19(25)14-5-3-4-6-16(14)22-20(23)28-18-8-7-17(24(26)27)15-12-21-10-9-13(15)18/h3-10,12H,2,11H2,1H3. The van der Waals surface area contributed by atoms with Gasteiger partial charge in [0.05, 0.1) is 21.2 Å². The topological polar surface area (TPSA) is 90.9 Å². The van der Waals surface area contributed by atoms with Gasteiger partial charge >= 0.3 is 0 Å². The summed E-state index contributed by atoms with van der Waals surface area (Å²) < 4.78 is 1.67. The van der Waals surface area contributed by atoms with E-state index >= 15 is 0 Å². The average molecular weight is 392 g/mol. The second kappa shape index (κ2) is 7.40. The number of nitrogens with zero attached hydrogens (tertiary/aromatic N) is 4. The van der Waals surface area contributed by atoms with E-state index in [1.165, 1.54) is 24.0 Å². The van der Waals surface area contributed by atoms with Gasteiger partial charge in [0.2, 0.25) is 0 Å². The van der Waals surface area contributed by atoms with Crippen molar-refractivity contribution < 1.29 is 4.92 Å². The Balaban J connectivity index is 1.91. The van der Waals surface area contributed by atoms with E-state index in [1.807, 2.05) is 25.1 Å². The lowest BCUT2D eigenvalue weighted by Gasteiger charge is -2.13. The molecule has 0 amide bonds. The summed E-state index contributed by atoms with van der Waals surface area (Å²) in [7, 11) is 0. The van der Waals surface area contributed by atoms with Crippen molar-refractivity contribution >= 4 is 39.1 Å². The molecule has 4 rings (SSSR count). The largest absolute Gasteiger partial charge is 0.287 e. The van der Waals surface area contributed by atoms with Gasteiger partial charge < -0.3 is 0 Å². The Morgan fingerprint density at radius 3 is 2.71 bits per heavy atom. The van der Waals surface area contributed by atoms with E-state index in [-0.39, 0.29) is 11.2 Å². The zero-order chi connectivity index (χ0) is 19.7. The average Bonchev–Trinajstić information content (AvgIpc) is 2.71. The molecule has 0 spiro atoms. The second-order valence-electron chi connectivity index (χ2n) is 6.23. The van der Waals surface area contributed by atoms with Crippen LogP contribution < -0.4 is 5.56 Å². The van der Waals surface area contributed by atoms with E-state index < -0.39 is 4.92 Å². The highest BCUT2D eigenvalue weighted by Crippen LogP contribution is 2.36. The lowest BCUT2D eigenvalue weighted by atomic mass is 10.1. The van der Waals surface area contributed by atoms with E-state index in [4.69, 9.17) is 4.98 Å². The molecule has 0 unspecified atom stereocenters. The first-order chi connectivity index (χ1) is 13.6. The number of hydrogen-bond acceptors (Lipinski definition) is 6. The van der Waals surface area contributed by atoms with Crippen molar-refractivity contribution in [3.05, 3.63) is 75.3 Å². The minimum atomic E-state index is -0.417. The first-order valence-electron chi connectivity index (χ1n) is 8.78. The van der Waals surface area contributed by atoms with Crippen molar-refractivity contribution in [3.8, 4) is 0 Å². The number of rotatable bonds is 5. The first-order valence-corrected chi connectivity index (χ1v) is 9.60. The molecule has 0 aliphatic carbocycles. The van der Waals surface area contributed by atoms with Gasteiger partial charge in [0.15, 0.2) is 5.16 Å². The number of nitro benzene ring substituents is 1. The van der Waals surface area contributed by atoms with Crippen LogP contribution in [0.5, 0.6) is 0 Å². The molecule has 0 atom stereocenters. The Labute approximate surface area is 164 Å². The molecule has 2 aromatic carbocycles.